The Balaban J connectivity index is 2.14. The summed E-state index contributed by atoms with van der Waals surface area (Å²) in [5.74, 6) is 0.448. The van der Waals surface area contributed by atoms with Gasteiger partial charge in [-0.1, -0.05) is 30.6 Å². The third-order valence-electron chi connectivity index (χ3n) is 3.69. The zero-order valence-corrected chi connectivity index (χ0v) is 15.8. The molecule has 0 saturated heterocycles. The van der Waals surface area contributed by atoms with Gasteiger partial charge in [0.2, 0.25) is 6.10 Å². The minimum atomic E-state index is -0.616. The van der Waals surface area contributed by atoms with Crippen LogP contribution in [0.25, 0.3) is 11.4 Å². The summed E-state index contributed by atoms with van der Waals surface area (Å²) in [5.41, 5.74) is 2.27. The van der Waals surface area contributed by atoms with Crippen LogP contribution < -0.4 is 5.32 Å². The van der Waals surface area contributed by atoms with E-state index in [9.17, 15) is 4.79 Å². The number of oxime groups is 1. The predicted molar refractivity (Wildman–Crippen MR) is 101 cm³/mol. The van der Waals surface area contributed by atoms with Gasteiger partial charge in [-0.05, 0) is 56.2 Å². The molecule has 1 heterocycles. The lowest BCUT2D eigenvalue weighted by atomic mass is 10.1. The molecule has 0 spiro atoms. The molecule has 140 valence electrons. The first-order valence-corrected chi connectivity index (χ1v) is 8.89. The molecule has 0 aliphatic heterocycles. The van der Waals surface area contributed by atoms with Crippen LogP contribution in [-0.2, 0) is 16.2 Å². The first-order valence-electron chi connectivity index (χ1n) is 8.89. The van der Waals surface area contributed by atoms with E-state index < -0.39 is 6.10 Å². The van der Waals surface area contributed by atoms with E-state index in [1.807, 2.05) is 45.0 Å². The Bertz CT molecular complexity index is 752. The molecule has 2 aromatic rings. The zero-order chi connectivity index (χ0) is 18.9. The van der Waals surface area contributed by atoms with Gasteiger partial charge in [-0.2, -0.15) is 0 Å². The van der Waals surface area contributed by atoms with E-state index in [4.69, 9.17) is 4.84 Å². The molecule has 1 N–H and O–H groups in total. The number of benzene rings is 1. The van der Waals surface area contributed by atoms with Crippen LogP contribution in [0.1, 0.15) is 47.0 Å². The van der Waals surface area contributed by atoms with Crippen LogP contribution in [0.2, 0.25) is 0 Å². The summed E-state index contributed by atoms with van der Waals surface area (Å²) < 4.78 is 1.70. The van der Waals surface area contributed by atoms with Crippen LogP contribution in [0, 0.1) is 0 Å². The number of anilines is 1. The van der Waals surface area contributed by atoms with Gasteiger partial charge in [0, 0.05) is 17.8 Å². The van der Waals surface area contributed by atoms with E-state index >= 15 is 0 Å². The van der Waals surface area contributed by atoms with Crippen molar-refractivity contribution in [1.82, 2.24) is 20.2 Å². The minimum absolute atomic E-state index is 0.212. The monoisotopic (exact) mass is 358 g/mol. The second kappa shape index (κ2) is 9.65. The number of aromatic nitrogens is 4. The summed E-state index contributed by atoms with van der Waals surface area (Å²) in [4.78, 5) is 18.0. The van der Waals surface area contributed by atoms with Gasteiger partial charge in [-0.3, -0.25) is 4.79 Å². The van der Waals surface area contributed by atoms with Crippen molar-refractivity contribution in [1.29, 1.82) is 0 Å². The molecule has 1 aromatic heterocycles. The molecule has 8 heteroatoms. The third kappa shape index (κ3) is 5.37. The molecule has 1 atom stereocenters. The number of nitrogens with one attached hydrogen (secondary N) is 1. The molecule has 0 unspecified atom stereocenters. The van der Waals surface area contributed by atoms with Crippen LogP contribution in [-0.4, -0.2) is 37.9 Å². The fourth-order valence-corrected chi connectivity index (χ4v) is 2.37. The van der Waals surface area contributed by atoms with E-state index in [0.717, 1.165) is 24.1 Å². The van der Waals surface area contributed by atoms with E-state index in [1.54, 1.807) is 4.68 Å². The number of carbonyl (C=O) groups is 1. The van der Waals surface area contributed by atoms with Crippen molar-refractivity contribution in [3.05, 3.63) is 24.3 Å². The number of hydrogen-bond donors (Lipinski definition) is 1. The topological polar surface area (TPSA) is 94.3 Å². The smallest absolute Gasteiger partial charge is 0.268 e. The van der Waals surface area contributed by atoms with Crippen molar-refractivity contribution in [3.8, 4) is 11.4 Å². The fraction of sp³-hybridized carbons (Fsp3) is 0.500. The number of hydrogen-bond acceptors (Lipinski definition) is 6. The summed E-state index contributed by atoms with van der Waals surface area (Å²) in [6.07, 6.45) is 1.88. The molecule has 0 bridgehead atoms. The van der Waals surface area contributed by atoms with Gasteiger partial charge in [0.1, 0.15) is 0 Å². The van der Waals surface area contributed by atoms with E-state index in [1.165, 1.54) is 0 Å². The SMILES string of the molecule is CCCC[C@H](ON=C(C)C)C(=O)Nc1cccc(-c2nnnn2CC)c1. The molecule has 2 rings (SSSR count). The molecular weight excluding hydrogens is 332 g/mol. The second-order valence-corrected chi connectivity index (χ2v) is 6.16. The van der Waals surface area contributed by atoms with Crippen molar-refractivity contribution in [2.75, 3.05) is 5.32 Å². The minimum Gasteiger partial charge on any atom is -0.382 e. The average molecular weight is 358 g/mol. The molecule has 8 nitrogen and oxygen atoms in total. The Kier molecular flexibility index (Phi) is 7.25. The lowest BCUT2D eigenvalue weighted by Gasteiger charge is -2.15. The normalized spacial score (nSPS) is 11.7. The molecule has 0 fully saturated rings. The molecule has 0 radical (unpaired) electrons. The van der Waals surface area contributed by atoms with Crippen molar-refractivity contribution < 1.29 is 9.63 Å². The van der Waals surface area contributed by atoms with Gasteiger partial charge in [0.15, 0.2) is 5.82 Å². The largest absolute Gasteiger partial charge is 0.382 e. The molecule has 0 saturated carbocycles. The third-order valence-corrected chi connectivity index (χ3v) is 3.69. The summed E-state index contributed by atoms with van der Waals surface area (Å²) >= 11 is 0. The van der Waals surface area contributed by atoms with Crippen LogP contribution >= 0.6 is 0 Å². The van der Waals surface area contributed by atoms with Crippen LogP contribution in [0.5, 0.6) is 0 Å². The number of tetrazole rings is 1. The highest BCUT2D eigenvalue weighted by atomic mass is 16.6. The van der Waals surface area contributed by atoms with E-state index in [-0.39, 0.29) is 5.91 Å². The molecular formula is C18H26N6O2. The number of carbonyl (C=O) groups excluding carboxylic acids is 1. The average Bonchev–Trinajstić information content (AvgIpc) is 3.10. The van der Waals surface area contributed by atoms with Crippen molar-refractivity contribution in [2.45, 2.75) is 59.6 Å². The maximum Gasteiger partial charge on any atom is 0.268 e. The lowest BCUT2D eigenvalue weighted by molar-refractivity contribution is -0.127. The highest BCUT2D eigenvalue weighted by Gasteiger charge is 2.20. The quantitative estimate of drug-likeness (QED) is 0.548. The van der Waals surface area contributed by atoms with Crippen molar-refractivity contribution in [3.63, 3.8) is 0 Å². The number of rotatable bonds is 9. The Morgan fingerprint density at radius 3 is 2.85 bits per heavy atom. The van der Waals surface area contributed by atoms with Gasteiger partial charge >= 0.3 is 0 Å². The summed E-state index contributed by atoms with van der Waals surface area (Å²) in [6, 6.07) is 7.44. The number of amides is 1. The number of unbranched alkanes of at least 4 members (excludes halogenated alkanes) is 1. The Morgan fingerprint density at radius 1 is 1.35 bits per heavy atom. The molecule has 0 aliphatic carbocycles. The fourth-order valence-electron chi connectivity index (χ4n) is 2.37. The lowest BCUT2D eigenvalue weighted by Crippen LogP contribution is -2.29. The maximum absolute atomic E-state index is 12.6. The first-order chi connectivity index (χ1) is 12.5. The van der Waals surface area contributed by atoms with Gasteiger partial charge < -0.3 is 10.2 Å². The second-order valence-electron chi connectivity index (χ2n) is 6.16. The standard InChI is InChI=1S/C18H26N6O2/c1-5-7-11-16(26-21-13(3)4)18(25)19-15-10-8-9-14(12-15)17-20-22-23-24(17)6-2/h8-10,12,16H,5-7,11H2,1-4H3,(H,19,25)/t16-/m0/s1. The maximum atomic E-state index is 12.6. The van der Waals surface area contributed by atoms with Gasteiger partial charge in [0.25, 0.3) is 5.91 Å². The highest BCUT2D eigenvalue weighted by molar-refractivity contribution is 5.94. The molecule has 26 heavy (non-hydrogen) atoms. The van der Waals surface area contributed by atoms with Gasteiger partial charge in [-0.25, -0.2) is 4.68 Å². The van der Waals surface area contributed by atoms with Crippen LogP contribution in [0.15, 0.2) is 29.4 Å². The Hall–Kier alpha value is -2.77. The molecule has 1 aromatic carbocycles. The summed E-state index contributed by atoms with van der Waals surface area (Å²) in [6.45, 7) is 8.37. The predicted octanol–water partition coefficient (Wildman–Crippen LogP) is 3.27. The summed E-state index contributed by atoms with van der Waals surface area (Å²) in [7, 11) is 0. The van der Waals surface area contributed by atoms with Crippen LogP contribution in [0.3, 0.4) is 0 Å². The van der Waals surface area contributed by atoms with Gasteiger partial charge in [0.05, 0.1) is 5.71 Å². The van der Waals surface area contributed by atoms with E-state index in [2.05, 4.69) is 32.9 Å². The molecule has 1 amide bonds. The highest BCUT2D eigenvalue weighted by Crippen LogP contribution is 2.21. The van der Waals surface area contributed by atoms with Crippen LogP contribution in [0.4, 0.5) is 5.69 Å². The Morgan fingerprint density at radius 2 is 2.15 bits per heavy atom. The number of nitrogens with zero attached hydrogens (tertiary/aromatic N) is 5. The number of aryl methyl sites for hydroxylation is 1. The zero-order valence-electron chi connectivity index (χ0n) is 15.8. The van der Waals surface area contributed by atoms with Crippen molar-refractivity contribution >= 4 is 17.3 Å². The van der Waals surface area contributed by atoms with E-state index in [0.29, 0.717) is 24.5 Å². The Labute approximate surface area is 153 Å². The first kappa shape index (κ1) is 19.6. The molecule has 0 aliphatic rings. The summed E-state index contributed by atoms with van der Waals surface area (Å²) in [5, 5.41) is 18.5. The van der Waals surface area contributed by atoms with Crippen molar-refractivity contribution in [2.24, 2.45) is 5.16 Å². The van der Waals surface area contributed by atoms with Gasteiger partial charge in [-0.15, -0.1) is 5.10 Å².